The van der Waals surface area contributed by atoms with Gasteiger partial charge in [-0.15, -0.1) is 0 Å². The van der Waals surface area contributed by atoms with Gasteiger partial charge in [-0.2, -0.15) is 0 Å². The number of hydrogen-bond acceptors (Lipinski definition) is 4. The predicted octanol–water partition coefficient (Wildman–Crippen LogP) is 3.77. The third-order valence-corrected chi connectivity index (χ3v) is 6.25. The molecule has 0 aliphatic carbocycles. The maximum Gasteiger partial charge on any atom is 0.290 e. The van der Waals surface area contributed by atoms with Crippen LogP contribution in [0.1, 0.15) is 34.7 Å². The summed E-state index contributed by atoms with van der Waals surface area (Å²) in [7, 11) is 2.16. The highest BCUT2D eigenvalue weighted by Gasteiger charge is 2.27. The van der Waals surface area contributed by atoms with Crippen LogP contribution in [-0.4, -0.2) is 59.0 Å². The highest BCUT2D eigenvalue weighted by atomic mass is 35.5. The Balaban J connectivity index is 0.000000858. The molecule has 3 N–H and O–H groups in total. The van der Waals surface area contributed by atoms with Crippen molar-refractivity contribution in [3.05, 3.63) is 65.1 Å². The molecule has 0 bridgehead atoms. The summed E-state index contributed by atoms with van der Waals surface area (Å²) in [5.74, 6) is 0.652. The first-order chi connectivity index (χ1) is 15.0. The van der Waals surface area contributed by atoms with Crippen LogP contribution in [0.3, 0.4) is 0 Å². The van der Waals surface area contributed by atoms with Gasteiger partial charge in [-0.05, 0) is 68.7 Å². The van der Waals surface area contributed by atoms with E-state index in [0.29, 0.717) is 23.0 Å². The standard InChI is InChI=1S/C22H25ClN4O.CH2O2/c1-27-11-7-15(8-12-27)19(16-3-2-9-24-13-16)14-26-22(28)18-4-5-20-17(21(18)23)6-10-25-20;2-1-3/h2-6,9-10,13,15,19,25H,7-8,11-12,14H2,1H3,(H,26,28);1H,(H,2,3). The van der Waals surface area contributed by atoms with Crippen molar-refractivity contribution >= 4 is 34.9 Å². The van der Waals surface area contributed by atoms with Gasteiger partial charge in [0.05, 0.1) is 10.6 Å². The van der Waals surface area contributed by atoms with E-state index >= 15 is 0 Å². The number of hydrogen-bond donors (Lipinski definition) is 3. The number of halogens is 1. The number of fused-ring (bicyclic) bond motifs is 1. The van der Waals surface area contributed by atoms with Gasteiger partial charge in [0.1, 0.15) is 0 Å². The van der Waals surface area contributed by atoms with Gasteiger partial charge in [0.2, 0.25) is 0 Å². The summed E-state index contributed by atoms with van der Waals surface area (Å²) >= 11 is 6.48. The van der Waals surface area contributed by atoms with Crippen LogP contribution in [0.25, 0.3) is 10.9 Å². The van der Waals surface area contributed by atoms with Crippen LogP contribution in [0, 0.1) is 5.92 Å². The predicted molar refractivity (Wildman–Crippen MR) is 122 cm³/mol. The van der Waals surface area contributed by atoms with Gasteiger partial charge in [0.15, 0.2) is 0 Å². The molecule has 7 nitrogen and oxygen atoms in total. The number of aromatic amines is 1. The average Bonchev–Trinajstić information content (AvgIpc) is 3.26. The third kappa shape index (κ3) is 5.62. The summed E-state index contributed by atoms with van der Waals surface area (Å²) in [5, 5.41) is 11.4. The second kappa shape index (κ2) is 10.9. The molecule has 1 aliphatic rings. The highest BCUT2D eigenvalue weighted by molar-refractivity contribution is 6.38. The molecule has 3 aromatic rings. The number of nitrogens with zero attached hydrogens (tertiary/aromatic N) is 2. The molecular weight excluding hydrogens is 416 g/mol. The smallest absolute Gasteiger partial charge is 0.290 e. The average molecular weight is 443 g/mol. The molecule has 31 heavy (non-hydrogen) atoms. The fourth-order valence-electron chi connectivity index (χ4n) is 4.15. The van der Waals surface area contributed by atoms with Gasteiger partial charge in [-0.3, -0.25) is 14.6 Å². The molecule has 1 aromatic carbocycles. The Labute approximate surface area is 186 Å². The zero-order chi connectivity index (χ0) is 22.2. The Bertz CT molecular complexity index is 1000. The Hall–Kier alpha value is -2.90. The van der Waals surface area contributed by atoms with Crippen molar-refractivity contribution in [2.24, 2.45) is 5.92 Å². The summed E-state index contributed by atoms with van der Waals surface area (Å²) < 4.78 is 0. The first kappa shape index (κ1) is 22.8. The van der Waals surface area contributed by atoms with Crippen molar-refractivity contribution < 1.29 is 14.7 Å². The van der Waals surface area contributed by atoms with Crippen molar-refractivity contribution in [1.82, 2.24) is 20.2 Å². The number of amides is 1. The first-order valence-corrected chi connectivity index (χ1v) is 10.6. The minimum atomic E-state index is -0.250. The van der Waals surface area contributed by atoms with E-state index in [9.17, 15) is 4.79 Å². The molecule has 8 heteroatoms. The molecular formula is C23H27ClN4O3. The van der Waals surface area contributed by atoms with E-state index in [1.165, 1.54) is 5.56 Å². The number of carbonyl (C=O) groups excluding carboxylic acids is 1. The topological polar surface area (TPSA) is 98.3 Å². The minimum Gasteiger partial charge on any atom is -0.483 e. The fraction of sp³-hybridized carbons (Fsp3) is 0.348. The lowest BCUT2D eigenvalue weighted by Crippen LogP contribution is -2.37. The lowest BCUT2D eigenvalue weighted by molar-refractivity contribution is -0.122. The zero-order valence-electron chi connectivity index (χ0n) is 17.4. The van der Waals surface area contributed by atoms with Gasteiger partial charge in [0.25, 0.3) is 12.4 Å². The van der Waals surface area contributed by atoms with Crippen LogP contribution in [0.15, 0.2) is 48.9 Å². The molecule has 3 heterocycles. The third-order valence-electron chi connectivity index (χ3n) is 5.84. The van der Waals surface area contributed by atoms with Crippen LogP contribution < -0.4 is 5.32 Å². The summed E-state index contributed by atoms with van der Waals surface area (Å²) in [5.41, 5.74) is 2.63. The Morgan fingerprint density at radius 3 is 2.77 bits per heavy atom. The van der Waals surface area contributed by atoms with E-state index in [1.54, 1.807) is 12.3 Å². The fourth-order valence-corrected chi connectivity index (χ4v) is 4.47. The number of rotatable bonds is 5. The number of piperidine rings is 1. The molecule has 1 atom stereocenters. The quantitative estimate of drug-likeness (QED) is 0.522. The van der Waals surface area contributed by atoms with Crippen molar-refractivity contribution in [2.45, 2.75) is 18.8 Å². The summed E-state index contributed by atoms with van der Waals surface area (Å²) in [6.45, 7) is 2.51. The number of H-pyrrole nitrogens is 1. The van der Waals surface area contributed by atoms with Crippen molar-refractivity contribution in [3.63, 3.8) is 0 Å². The Morgan fingerprint density at radius 1 is 1.35 bits per heavy atom. The number of benzene rings is 1. The summed E-state index contributed by atoms with van der Waals surface area (Å²) in [6, 6.07) is 9.65. The van der Waals surface area contributed by atoms with E-state index in [-0.39, 0.29) is 18.3 Å². The van der Waals surface area contributed by atoms with E-state index in [2.05, 4.69) is 33.3 Å². The molecule has 2 aromatic heterocycles. The van der Waals surface area contributed by atoms with Crippen LogP contribution in [0.4, 0.5) is 0 Å². The maximum absolute atomic E-state index is 12.9. The molecule has 0 spiro atoms. The van der Waals surface area contributed by atoms with E-state index < -0.39 is 0 Å². The second-order valence-corrected chi connectivity index (χ2v) is 8.09. The van der Waals surface area contributed by atoms with E-state index in [0.717, 1.165) is 36.8 Å². The van der Waals surface area contributed by atoms with Crippen molar-refractivity contribution in [2.75, 3.05) is 26.7 Å². The summed E-state index contributed by atoms with van der Waals surface area (Å²) in [4.78, 5) is 31.0. The van der Waals surface area contributed by atoms with Crippen molar-refractivity contribution in [3.8, 4) is 0 Å². The molecule has 1 fully saturated rings. The molecule has 0 radical (unpaired) electrons. The van der Waals surface area contributed by atoms with Gasteiger partial charge in [-0.25, -0.2) is 0 Å². The van der Waals surface area contributed by atoms with Gasteiger partial charge in [0, 0.05) is 42.0 Å². The minimum absolute atomic E-state index is 0.130. The largest absolute Gasteiger partial charge is 0.483 e. The number of nitrogens with one attached hydrogen (secondary N) is 2. The number of pyridine rings is 1. The van der Waals surface area contributed by atoms with Crippen LogP contribution in [0.2, 0.25) is 5.02 Å². The Kier molecular flexibility index (Phi) is 8.03. The van der Waals surface area contributed by atoms with E-state index in [4.69, 9.17) is 21.5 Å². The number of carbonyl (C=O) groups is 2. The Morgan fingerprint density at radius 2 is 2.10 bits per heavy atom. The lowest BCUT2D eigenvalue weighted by Gasteiger charge is -2.34. The second-order valence-electron chi connectivity index (χ2n) is 7.72. The SMILES string of the molecule is CN1CCC(C(CNC(=O)c2ccc3[nH]ccc3c2Cl)c2cccnc2)CC1.O=CO. The van der Waals surface area contributed by atoms with Crippen molar-refractivity contribution in [1.29, 1.82) is 0 Å². The highest BCUT2D eigenvalue weighted by Crippen LogP contribution is 2.32. The summed E-state index contributed by atoms with van der Waals surface area (Å²) in [6.07, 6.45) is 7.80. The molecule has 1 unspecified atom stereocenters. The molecule has 164 valence electrons. The van der Waals surface area contributed by atoms with E-state index in [1.807, 2.05) is 30.6 Å². The number of likely N-dealkylation sites (tertiary alicyclic amines) is 1. The lowest BCUT2D eigenvalue weighted by atomic mass is 9.80. The molecule has 1 saturated heterocycles. The normalized spacial score (nSPS) is 15.7. The monoisotopic (exact) mass is 442 g/mol. The van der Waals surface area contributed by atoms with Gasteiger partial charge < -0.3 is 20.3 Å². The maximum atomic E-state index is 12.9. The number of carboxylic acid groups (broad SMARTS) is 1. The van der Waals surface area contributed by atoms with Crippen LogP contribution in [0.5, 0.6) is 0 Å². The van der Waals surface area contributed by atoms with Gasteiger partial charge in [-0.1, -0.05) is 17.7 Å². The first-order valence-electron chi connectivity index (χ1n) is 10.2. The number of aromatic nitrogens is 2. The molecule has 1 aliphatic heterocycles. The molecule has 4 rings (SSSR count). The van der Waals surface area contributed by atoms with Crippen LogP contribution >= 0.6 is 11.6 Å². The van der Waals surface area contributed by atoms with Crippen LogP contribution in [-0.2, 0) is 4.79 Å². The molecule has 0 saturated carbocycles. The molecule has 1 amide bonds. The zero-order valence-corrected chi connectivity index (χ0v) is 18.2. The van der Waals surface area contributed by atoms with Gasteiger partial charge >= 0.3 is 0 Å².